The molecule has 190 valence electrons. The Bertz CT molecular complexity index is 1500. The van der Waals surface area contributed by atoms with Gasteiger partial charge in [0.1, 0.15) is 6.10 Å². The van der Waals surface area contributed by atoms with Gasteiger partial charge in [-0.15, -0.1) is 0 Å². The van der Waals surface area contributed by atoms with Gasteiger partial charge in [0.2, 0.25) is 10.0 Å². The highest BCUT2D eigenvalue weighted by Gasteiger charge is 2.51. The minimum absolute atomic E-state index is 0.139. The summed E-state index contributed by atoms with van der Waals surface area (Å²) in [4.78, 5) is 12.9. The molecule has 1 saturated heterocycles. The van der Waals surface area contributed by atoms with Gasteiger partial charge in [0.25, 0.3) is 0 Å². The molecule has 1 aliphatic heterocycles. The molecule has 0 amide bonds. The molecule has 0 unspecified atom stereocenters. The third-order valence-corrected chi connectivity index (χ3v) is 8.53. The maximum atomic E-state index is 14.2. The number of aryl methyl sites for hydroxylation is 1. The minimum atomic E-state index is -4.05. The van der Waals surface area contributed by atoms with E-state index in [1.807, 2.05) is 79.7 Å². The normalized spacial score (nSPS) is 20.2. The molecule has 0 aliphatic carbocycles. The van der Waals surface area contributed by atoms with Crippen LogP contribution in [0.1, 0.15) is 42.4 Å². The second-order valence-corrected chi connectivity index (χ2v) is 11.0. The van der Waals surface area contributed by atoms with Gasteiger partial charge in [-0.3, -0.25) is 4.79 Å². The molecule has 0 radical (unpaired) electrons. The van der Waals surface area contributed by atoms with Gasteiger partial charge < -0.3 is 9.47 Å². The Morgan fingerprint density at radius 1 is 0.865 bits per heavy atom. The van der Waals surface area contributed by atoms with E-state index in [2.05, 4.69) is 0 Å². The molecular weight excluding hydrogens is 486 g/mol. The number of esters is 1. The second-order valence-electron chi connectivity index (χ2n) is 9.15. The Labute approximate surface area is 217 Å². The molecule has 4 aromatic rings. The van der Waals surface area contributed by atoms with Crippen LogP contribution in [0.3, 0.4) is 0 Å². The summed E-state index contributed by atoms with van der Waals surface area (Å²) in [5.41, 5.74) is 2.44. The molecule has 0 saturated carbocycles. The van der Waals surface area contributed by atoms with Crippen molar-refractivity contribution in [1.29, 1.82) is 0 Å². The van der Waals surface area contributed by atoms with Crippen LogP contribution < -0.4 is 0 Å². The molecule has 1 aliphatic rings. The lowest BCUT2D eigenvalue weighted by Gasteiger charge is -2.28. The van der Waals surface area contributed by atoms with Crippen molar-refractivity contribution in [2.75, 3.05) is 6.61 Å². The molecule has 0 spiro atoms. The van der Waals surface area contributed by atoms with Gasteiger partial charge in [0.15, 0.2) is 6.23 Å². The van der Waals surface area contributed by atoms with Crippen molar-refractivity contribution in [3.8, 4) is 0 Å². The standard InChI is InChI=1S/C30H29NO5S/c1-3-35-28(32)20-27-29(25-16-15-22-9-7-8-12-24(22)19-25)36-30(23-10-5-4-6-11-23)31(27)37(33,34)26-17-13-21(2)14-18-26/h4-19,27,29-30H,3,20H2,1-2H3/t27-,29-,30-/m1/s1. The van der Waals surface area contributed by atoms with Gasteiger partial charge in [-0.1, -0.05) is 84.4 Å². The van der Waals surface area contributed by atoms with Crippen LogP contribution in [0.15, 0.2) is 102 Å². The molecule has 4 aromatic carbocycles. The van der Waals surface area contributed by atoms with Crippen molar-refractivity contribution in [2.24, 2.45) is 0 Å². The highest BCUT2D eigenvalue weighted by atomic mass is 32.2. The lowest BCUT2D eigenvalue weighted by atomic mass is 9.97. The van der Waals surface area contributed by atoms with Crippen LogP contribution in [0.25, 0.3) is 10.8 Å². The van der Waals surface area contributed by atoms with Gasteiger partial charge >= 0.3 is 5.97 Å². The fourth-order valence-electron chi connectivity index (χ4n) is 4.85. The topological polar surface area (TPSA) is 72.9 Å². The third-order valence-electron chi connectivity index (χ3n) is 6.65. The number of carbonyl (C=O) groups is 1. The molecule has 7 heteroatoms. The first-order valence-corrected chi connectivity index (χ1v) is 13.8. The number of fused-ring (bicyclic) bond motifs is 1. The van der Waals surface area contributed by atoms with E-state index in [0.29, 0.717) is 5.56 Å². The predicted octanol–water partition coefficient (Wildman–Crippen LogP) is 5.93. The Morgan fingerprint density at radius 3 is 2.24 bits per heavy atom. The quantitative estimate of drug-likeness (QED) is 0.285. The van der Waals surface area contributed by atoms with Crippen LogP contribution in [0, 0.1) is 6.92 Å². The van der Waals surface area contributed by atoms with Gasteiger partial charge in [-0.05, 0) is 53.9 Å². The zero-order valence-electron chi connectivity index (χ0n) is 20.8. The first-order valence-electron chi connectivity index (χ1n) is 12.3. The summed E-state index contributed by atoms with van der Waals surface area (Å²) in [6.07, 6.45) is -1.73. The molecule has 1 fully saturated rings. The SMILES string of the molecule is CCOC(=O)C[C@@H]1[C@@H](c2ccc3ccccc3c2)O[C@H](c2ccccc2)N1S(=O)(=O)c1ccc(C)cc1. The van der Waals surface area contributed by atoms with Gasteiger partial charge in [0, 0.05) is 0 Å². The zero-order valence-corrected chi connectivity index (χ0v) is 21.6. The number of hydrogen-bond donors (Lipinski definition) is 0. The second kappa shape index (κ2) is 10.5. The number of rotatable bonds is 7. The fourth-order valence-corrected chi connectivity index (χ4v) is 6.54. The minimum Gasteiger partial charge on any atom is -0.466 e. The molecular formula is C30H29NO5S. The lowest BCUT2D eigenvalue weighted by molar-refractivity contribution is -0.144. The molecule has 6 nitrogen and oxygen atoms in total. The van der Waals surface area contributed by atoms with Crippen molar-refractivity contribution >= 4 is 26.8 Å². The van der Waals surface area contributed by atoms with Crippen molar-refractivity contribution < 1.29 is 22.7 Å². The van der Waals surface area contributed by atoms with Crippen LogP contribution in [0.5, 0.6) is 0 Å². The summed E-state index contributed by atoms with van der Waals surface area (Å²) >= 11 is 0. The van der Waals surface area contributed by atoms with Crippen LogP contribution in [0.4, 0.5) is 0 Å². The Balaban J connectivity index is 1.66. The summed E-state index contributed by atoms with van der Waals surface area (Å²) in [5.74, 6) is -0.472. The van der Waals surface area contributed by atoms with Gasteiger partial charge in [-0.2, -0.15) is 4.31 Å². The molecule has 1 heterocycles. The Morgan fingerprint density at radius 2 is 1.54 bits per heavy atom. The fraction of sp³-hybridized carbons (Fsp3) is 0.233. The maximum absolute atomic E-state index is 14.2. The molecule has 0 N–H and O–H groups in total. The van der Waals surface area contributed by atoms with E-state index < -0.39 is 34.4 Å². The molecule has 37 heavy (non-hydrogen) atoms. The van der Waals surface area contributed by atoms with E-state index in [9.17, 15) is 13.2 Å². The summed E-state index contributed by atoms with van der Waals surface area (Å²) < 4.78 is 41.5. The first kappa shape index (κ1) is 25.1. The highest BCUT2D eigenvalue weighted by molar-refractivity contribution is 7.89. The summed E-state index contributed by atoms with van der Waals surface area (Å²) in [6, 6.07) is 29.0. The number of nitrogens with zero attached hydrogens (tertiary/aromatic N) is 1. The number of hydrogen-bond acceptors (Lipinski definition) is 5. The van der Waals surface area contributed by atoms with E-state index in [-0.39, 0.29) is 17.9 Å². The third kappa shape index (κ3) is 5.03. The van der Waals surface area contributed by atoms with E-state index in [0.717, 1.165) is 21.9 Å². The Hall–Kier alpha value is -3.52. The first-order chi connectivity index (χ1) is 17.9. The average molecular weight is 516 g/mol. The molecule has 3 atom stereocenters. The largest absolute Gasteiger partial charge is 0.466 e. The number of ether oxygens (including phenoxy) is 2. The summed E-state index contributed by atoms with van der Waals surface area (Å²) in [6.45, 7) is 3.85. The smallest absolute Gasteiger partial charge is 0.307 e. The van der Waals surface area contributed by atoms with Crippen molar-refractivity contribution in [3.05, 3.63) is 114 Å². The van der Waals surface area contributed by atoms with Gasteiger partial charge in [0.05, 0.1) is 24.0 Å². The van der Waals surface area contributed by atoms with Crippen molar-refractivity contribution in [2.45, 2.75) is 43.5 Å². The number of benzene rings is 4. The van der Waals surface area contributed by atoms with Gasteiger partial charge in [-0.25, -0.2) is 8.42 Å². The maximum Gasteiger partial charge on any atom is 0.307 e. The molecule has 5 rings (SSSR count). The van der Waals surface area contributed by atoms with E-state index >= 15 is 0 Å². The Kier molecular flexibility index (Phi) is 7.11. The molecule has 0 bridgehead atoms. The predicted molar refractivity (Wildman–Crippen MR) is 142 cm³/mol. The highest BCUT2D eigenvalue weighted by Crippen LogP contribution is 2.47. The average Bonchev–Trinajstić information content (AvgIpc) is 3.29. The van der Waals surface area contributed by atoms with Crippen LogP contribution in [-0.4, -0.2) is 31.3 Å². The van der Waals surface area contributed by atoms with Crippen LogP contribution in [-0.2, 0) is 24.3 Å². The van der Waals surface area contributed by atoms with Crippen molar-refractivity contribution in [1.82, 2.24) is 4.31 Å². The number of carbonyl (C=O) groups excluding carboxylic acids is 1. The van der Waals surface area contributed by atoms with Crippen LogP contribution >= 0.6 is 0 Å². The number of sulfonamides is 1. The summed E-state index contributed by atoms with van der Waals surface area (Å²) in [7, 11) is -4.05. The lowest BCUT2D eigenvalue weighted by Crippen LogP contribution is -2.40. The van der Waals surface area contributed by atoms with Crippen molar-refractivity contribution in [3.63, 3.8) is 0 Å². The zero-order chi connectivity index (χ0) is 26.0. The van der Waals surface area contributed by atoms with E-state index in [1.54, 1.807) is 31.2 Å². The molecule has 0 aromatic heterocycles. The van der Waals surface area contributed by atoms with Crippen LogP contribution in [0.2, 0.25) is 0 Å². The monoisotopic (exact) mass is 515 g/mol. The van der Waals surface area contributed by atoms with E-state index in [1.165, 1.54) is 4.31 Å². The summed E-state index contributed by atoms with van der Waals surface area (Å²) in [5, 5.41) is 2.07. The van der Waals surface area contributed by atoms with E-state index in [4.69, 9.17) is 9.47 Å².